The van der Waals surface area contributed by atoms with Crippen molar-refractivity contribution in [3.05, 3.63) is 104 Å². The van der Waals surface area contributed by atoms with Gasteiger partial charge in [-0.15, -0.1) is 0 Å². The van der Waals surface area contributed by atoms with Gasteiger partial charge in [0.2, 0.25) is 11.8 Å². The number of ether oxygens (including phenoxy) is 1. The fraction of sp³-hybridized carbons (Fsp3) is 0.333. The van der Waals surface area contributed by atoms with E-state index < -0.39 is 34.8 Å². The van der Waals surface area contributed by atoms with Crippen LogP contribution in [-0.4, -0.2) is 60.4 Å². The SMILES string of the molecule is CC(C)n1cc(C(=O)Nc2ccc(Oc3ncnc4c3CN(C(=O)CCN3CCCC3)C4)c(F)c2)c(=O)n(-c2ccc(F)cc2)c1=O. The van der Waals surface area contributed by atoms with Crippen molar-refractivity contribution in [1.29, 1.82) is 0 Å². The van der Waals surface area contributed by atoms with Crippen LogP contribution in [0.4, 0.5) is 14.5 Å². The van der Waals surface area contributed by atoms with E-state index in [0.717, 1.165) is 54.9 Å². The number of nitrogens with one attached hydrogen (secondary N) is 1. The largest absolute Gasteiger partial charge is 0.435 e. The van der Waals surface area contributed by atoms with Gasteiger partial charge in [-0.25, -0.2) is 28.1 Å². The Morgan fingerprint density at radius 1 is 1.00 bits per heavy atom. The fourth-order valence-corrected chi connectivity index (χ4v) is 5.72. The molecule has 2 aromatic carbocycles. The first-order chi connectivity index (χ1) is 22.6. The van der Waals surface area contributed by atoms with Crippen LogP contribution in [0, 0.1) is 11.6 Å². The summed E-state index contributed by atoms with van der Waals surface area (Å²) >= 11 is 0. The molecule has 1 N–H and O–H groups in total. The molecule has 1 fully saturated rings. The number of anilines is 1. The molecule has 12 nitrogen and oxygen atoms in total. The van der Waals surface area contributed by atoms with Gasteiger partial charge in [0.1, 0.15) is 17.7 Å². The Balaban J connectivity index is 1.18. The lowest BCUT2D eigenvalue weighted by atomic mass is 10.2. The Hall–Kier alpha value is -5.24. The lowest BCUT2D eigenvalue weighted by Gasteiger charge is -2.18. The second kappa shape index (κ2) is 13.2. The van der Waals surface area contributed by atoms with Gasteiger partial charge in [-0.3, -0.25) is 19.0 Å². The maximum absolute atomic E-state index is 15.3. The van der Waals surface area contributed by atoms with Crippen molar-refractivity contribution < 1.29 is 23.1 Å². The van der Waals surface area contributed by atoms with E-state index in [2.05, 4.69) is 20.2 Å². The van der Waals surface area contributed by atoms with Crippen LogP contribution < -0.4 is 21.3 Å². The molecule has 47 heavy (non-hydrogen) atoms. The molecule has 0 aliphatic carbocycles. The average Bonchev–Trinajstić information content (AvgIpc) is 3.73. The van der Waals surface area contributed by atoms with E-state index in [4.69, 9.17) is 4.74 Å². The minimum Gasteiger partial charge on any atom is -0.435 e. The number of benzene rings is 2. The molecule has 14 heteroatoms. The van der Waals surface area contributed by atoms with Crippen molar-refractivity contribution in [1.82, 2.24) is 28.9 Å². The molecule has 0 bridgehead atoms. The van der Waals surface area contributed by atoms with E-state index in [1.165, 1.54) is 35.2 Å². The van der Waals surface area contributed by atoms with Crippen molar-refractivity contribution in [2.75, 3.05) is 25.0 Å². The number of hydrogen-bond acceptors (Lipinski definition) is 8. The molecule has 4 heterocycles. The number of aromatic nitrogens is 4. The summed E-state index contributed by atoms with van der Waals surface area (Å²) in [4.78, 5) is 65.0. The van der Waals surface area contributed by atoms with Crippen molar-refractivity contribution in [2.24, 2.45) is 0 Å². The number of halogens is 2. The normalized spacial score (nSPS) is 14.4. The van der Waals surface area contributed by atoms with Crippen LogP contribution in [0.2, 0.25) is 0 Å². The number of carbonyl (C=O) groups excluding carboxylic acids is 2. The highest BCUT2D eigenvalue weighted by molar-refractivity contribution is 6.03. The monoisotopic (exact) mass is 645 g/mol. The Morgan fingerprint density at radius 2 is 1.74 bits per heavy atom. The molecule has 0 atom stereocenters. The van der Waals surface area contributed by atoms with E-state index >= 15 is 4.39 Å². The maximum atomic E-state index is 15.3. The van der Waals surface area contributed by atoms with Gasteiger partial charge in [0.15, 0.2) is 11.6 Å². The molecule has 2 aliphatic heterocycles. The second-order valence-electron chi connectivity index (χ2n) is 11.8. The van der Waals surface area contributed by atoms with Gasteiger partial charge < -0.3 is 19.9 Å². The molecule has 0 radical (unpaired) electrons. The van der Waals surface area contributed by atoms with Crippen LogP contribution in [-0.2, 0) is 17.9 Å². The fourth-order valence-electron chi connectivity index (χ4n) is 5.72. The van der Waals surface area contributed by atoms with Gasteiger partial charge in [-0.2, -0.15) is 0 Å². The van der Waals surface area contributed by atoms with Crippen LogP contribution in [0.1, 0.15) is 60.8 Å². The first-order valence-electron chi connectivity index (χ1n) is 15.3. The third kappa shape index (κ3) is 6.68. The van der Waals surface area contributed by atoms with Crippen molar-refractivity contribution >= 4 is 17.5 Å². The number of nitrogens with zero attached hydrogens (tertiary/aromatic N) is 6. The molecule has 0 unspecified atom stereocenters. The van der Waals surface area contributed by atoms with E-state index in [9.17, 15) is 23.6 Å². The number of hydrogen-bond donors (Lipinski definition) is 1. The van der Waals surface area contributed by atoms with Gasteiger partial charge in [0.05, 0.1) is 30.0 Å². The molecule has 2 aromatic heterocycles. The highest BCUT2D eigenvalue weighted by Gasteiger charge is 2.29. The van der Waals surface area contributed by atoms with Gasteiger partial charge >= 0.3 is 5.69 Å². The third-order valence-corrected chi connectivity index (χ3v) is 8.27. The first kappa shape index (κ1) is 31.7. The van der Waals surface area contributed by atoms with Crippen LogP contribution in [0.25, 0.3) is 5.69 Å². The molecule has 2 amide bonds. The number of carbonyl (C=O) groups is 2. The lowest BCUT2D eigenvalue weighted by Crippen LogP contribution is -2.42. The third-order valence-electron chi connectivity index (χ3n) is 8.27. The average molecular weight is 646 g/mol. The Labute approximate surface area is 268 Å². The van der Waals surface area contributed by atoms with Crippen LogP contribution in [0.5, 0.6) is 11.6 Å². The standard InChI is InChI=1S/C33H33F2N7O5/c1-20(2)41-17-25(32(45)42(33(41)46)23-8-5-21(34)6-9-23)30(44)38-22-7-10-28(26(35)15-22)47-31-24-16-40(18-27(24)36-19-37-31)29(43)11-14-39-12-3-4-13-39/h5-10,15,17,19-20H,3-4,11-14,16,18H2,1-2H3,(H,38,44). The molecule has 4 aromatic rings. The second-order valence-corrected chi connectivity index (χ2v) is 11.8. The van der Waals surface area contributed by atoms with E-state index in [-0.39, 0.29) is 41.0 Å². The van der Waals surface area contributed by atoms with Crippen LogP contribution in [0.3, 0.4) is 0 Å². The van der Waals surface area contributed by atoms with E-state index in [1.54, 1.807) is 18.7 Å². The van der Waals surface area contributed by atoms with Gasteiger partial charge in [-0.05, 0) is 76.2 Å². The number of fused-ring (bicyclic) bond motifs is 1. The van der Waals surface area contributed by atoms with Crippen LogP contribution >= 0.6 is 0 Å². The summed E-state index contributed by atoms with van der Waals surface area (Å²) in [5.41, 5.74) is -0.663. The summed E-state index contributed by atoms with van der Waals surface area (Å²) < 4.78 is 36.6. The van der Waals surface area contributed by atoms with Crippen molar-refractivity contribution in [3.8, 4) is 17.3 Å². The first-order valence-corrected chi connectivity index (χ1v) is 15.3. The smallest absolute Gasteiger partial charge is 0.335 e. The molecule has 1 saturated heterocycles. The topological polar surface area (TPSA) is 132 Å². The van der Waals surface area contributed by atoms with E-state index in [0.29, 0.717) is 30.8 Å². The Bertz CT molecular complexity index is 1950. The zero-order valence-electron chi connectivity index (χ0n) is 25.9. The predicted octanol–water partition coefficient (Wildman–Crippen LogP) is 4.02. The Morgan fingerprint density at radius 3 is 2.45 bits per heavy atom. The van der Waals surface area contributed by atoms with Gasteiger partial charge in [-0.1, -0.05) is 0 Å². The zero-order valence-corrected chi connectivity index (χ0v) is 25.9. The molecular weight excluding hydrogens is 612 g/mol. The Kier molecular flexibility index (Phi) is 8.94. The lowest BCUT2D eigenvalue weighted by molar-refractivity contribution is -0.132. The van der Waals surface area contributed by atoms with Crippen molar-refractivity contribution in [2.45, 2.75) is 52.2 Å². The molecular formula is C33H33F2N7O5. The summed E-state index contributed by atoms with van der Waals surface area (Å²) in [7, 11) is 0. The van der Waals surface area contributed by atoms with Gasteiger partial charge in [0, 0.05) is 37.0 Å². The molecule has 0 saturated carbocycles. The highest BCUT2D eigenvalue weighted by atomic mass is 19.1. The molecule has 6 rings (SSSR count). The minimum absolute atomic E-state index is 0.000328. The maximum Gasteiger partial charge on any atom is 0.335 e. The molecule has 244 valence electrons. The van der Waals surface area contributed by atoms with Gasteiger partial charge in [0.25, 0.3) is 11.5 Å². The summed E-state index contributed by atoms with van der Waals surface area (Å²) in [6.07, 6.45) is 5.15. The summed E-state index contributed by atoms with van der Waals surface area (Å²) in [5, 5.41) is 2.50. The molecule has 2 aliphatic rings. The summed E-state index contributed by atoms with van der Waals surface area (Å²) in [5.74, 6) is -2.30. The number of amides is 2. The minimum atomic E-state index is -0.919. The van der Waals surface area contributed by atoms with Crippen molar-refractivity contribution in [3.63, 3.8) is 0 Å². The van der Waals surface area contributed by atoms with E-state index in [1.807, 2.05) is 0 Å². The molecule has 0 spiro atoms. The highest BCUT2D eigenvalue weighted by Crippen LogP contribution is 2.33. The quantitative estimate of drug-likeness (QED) is 0.289. The predicted molar refractivity (Wildman–Crippen MR) is 168 cm³/mol. The summed E-state index contributed by atoms with van der Waals surface area (Å²) in [6.45, 7) is 6.69. The number of rotatable bonds is 9. The summed E-state index contributed by atoms with van der Waals surface area (Å²) in [6, 6.07) is 8.03. The number of likely N-dealkylation sites (tertiary alicyclic amines) is 1. The zero-order chi connectivity index (χ0) is 33.2. The van der Waals surface area contributed by atoms with Crippen LogP contribution in [0.15, 0.2) is 64.6 Å².